The number of aliphatic imine (C=N–C) groups is 1. The Labute approximate surface area is 44.9 Å². The molecule has 1 rings (SSSR count). The van der Waals surface area contributed by atoms with Gasteiger partial charge in [-0.25, -0.2) is 0 Å². The van der Waals surface area contributed by atoms with Crippen molar-refractivity contribution in [3.8, 4) is 0 Å². The van der Waals surface area contributed by atoms with Crippen LogP contribution in [0.3, 0.4) is 0 Å². The largest absolute Gasteiger partial charge is 0.268 e. The third-order valence-corrected chi connectivity index (χ3v) is 1.13. The smallest absolute Gasteiger partial charge is 0.0369 e. The van der Waals surface area contributed by atoms with Crippen molar-refractivity contribution in [3.05, 3.63) is 10.7 Å². The highest BCUT2D eigenvalue weighted by atomic mass is 79.9. The molecule has 0 saturated carbocycles. The highest BCUT2D eigenvalue weighted by Crippen LogP contribution is 2.11. The van der Waals surface area contributed by atoms with Gasteiger partial charge in [0.2, 0.25) is 0 Å². The van der Waals surface area contributed by atoms with Crippen LogP contribution in [-0.2, 0) is 0 Å². The molecule has 1 heterocycles. The fourth-order valence-electron chi connectivity index (χ4n) is 0.326. The standard InChI is InChI=1S/C4H4BrN/c5-4-1-2-6-3-4/h2-3H,1H2. The molecule has 1 aliphatic heterocycles. The van der Waals surface area contributed by atoms with E-state index in [0.29, 0.717) is 0 Å². The summed E-state index contributed by atoms with van der Waals surface area (Å²) in [5.74, 6) is 0. The van der Waals surface area contributed by atoms with Crippen LogP contribution in [-0.4, -0.2) is 6.21 Å². The summed E-state index contributed by atoms with van der Waals surface area (Å²) < 4.78 is 1.17. The van der Waals surface area contributed by atoms with Crippen molar-refractivity contribution < 1.29 is 0 Å². The van der Waals surface area contributed by atoms with E-state index in [1.54, 1.807) is 6.20 Å². The molecule has 0 aromatic rings. The van der Waals surface area contributed by atoms with E-state index in [2.05, 4.69) is 20.9 Å². The summed E-state index contributed by atoms with van der Waals surface area (Å²) in [4.78, 5) is 3.83. The van der Waals surface area contributed by atoms with E-state index in [0.717, 1.165) is 6.42 Å². The number of hydrogen-bond acceptors (Lipinski definition) is 1. The van der Waals surface area contributed by atoms with E-state index in [9.17, 15) is 0 Å². The molecule has 0 unspecified atom stereocenters. The molecule has 0 aromatic heterocycles. The molecule has 0 radical (unpaired) electrons. The second kappa shape index (κ2) is 1.56. The molecule has 0 fully saturated rings. The van der Waals surface area contributed by atoms with Crippen LogP contribution in [0, 0.1) is 0 Å². The van der Waals surface area contributed by atoms with Crippen LogP contribution in [0.15, 0.2) is 15.7 Å². The van der Waals surface area contributed by atoms with Crippen LogP contribution < -0.4 is 0 Å². The molecule has 0 N–H and O–H groups in total. The SMILES string of the molecule is BrC1=CN=CC1. The lowest BCUT2D eigenvalue weighted by atomic mass is 10.5. The Bertz CT molecular complexity index is 104. The molecule has 0 aliphatic carbocycles. The highest BCUT2D eigenvalue weighted by Gasteiger charge is 1.90. The van der Waals surface area contributed by atoms with Gasteiger partial charge < -0.3 is 0 Å². The lowest BCUT2D eigenvalue weighted by molar-refractivity contribution is 1.56. The molecular formula is C4H4BrN. The van der Waals surface area contributed by atoms with Crippen molar-refractivity contribution >= 4 is 22.1 Å². The molecule has 0 atom stereocenters. The highest BCUT2D eigenvalue weighted by molar-refractivity contribution is 9.11. The molecule has 32 valence electrons. The van der Waals surface area contributed by atoms with Crippen molar-refractivity contribution in [1.82, 2.24) is 0 Å². The monoisotopic (exact) mass is 145 g/mol. The van der Waals surface area contributed by atoms with Gasteiger partial charge in [-0.3, -0.25) is 4.99 Å². The number of allylic oxidation sites excluding steroid dienone is 1. The zero-order chi connectivity index (χ0) is 4.41. The van der Waals surface area contributed by atoms with Gasteiger partial charge >= 0.3 is 0 Å². The van der Waals surface area contributed by atoms with Crippen LogP contribution in [0.5, 0.6) is 0 Å². The number of rotatable bonds is 0. The Kier molecular flexibility index (Phi) is 1.05. The van der Waals surface area contributed by atoms with Gasteiger partial charge in [0.05, 0.1) is 0 Å². The predicted molar refractivity (Wildman–Crippen MR) is 30.1 cm³/mol. The first kappa shape index (κ1) is 4.06. The molecule has 2 heteroatoms. The lowest BCUT2D eigenvalue weighted by Gasteiger charge is -1.73. The Hall–Kier alpha value is -0.110. The Balaban J connectivity index is 2.61. The molecule has 1 aliphatic rings. The van der Waals surface area contributed by atoms with Gasteiger partial charge in [0.25, 0.3) is 0 Å². The molecule has 6 heavy (non-hydrogen) atoms. The fraction of sp³-hybridized carbons (Fsp3) is 0.250. The summed E-state index contributed by atoms with van der Waals surface area (Å²) in [5, 5.41) is 0. The third kappa shape index (κ3) is 0.684. The topological polar surface area (TPSA) is 12.4 Å². The first-order valence-electron chi connectivity index (χ1n) is 1.76. The number of nitrogens with zero attached hydrogens (tertiary/aromatic N) is 1. The van der Waals surface area contributed by atoms with Gasteiger partial charge in [0.1, 0.15) is 0 Å². The summed E-state index contributed by atoms with van der Waals surface area (Å²) in [5.41, 5.74) is 0. The van der Waals surface area contributed by atoms with Crippen LogP contribution in [0.1, 0.15) is 6.42 Å². The summed E-state index contributed by atoms with van der Waals surface area (Å²) >= 11 is 3.27. The lowest BCUT2D eigenvalue weighted by Crippen LogP contribution is -1.60. The molecule has 0 spiro atoms. The van der Waals surface area contributed by atoms with E-state index in [1.165, 1.54) is 4.48 Å². The van der Waals surface area contributed by atoms with Crippen LogP contribution in [0.25, 0.3) is 0 Å². The molecule has 0 bridgehead atoms. The summed E-state index contributed by atoms with van der Waals surface area (Å²) in [7, 11) is 0. The van der Waals surface area contributed by atoms with Gasteiger partial charge in [-0.2, -0.15) is 0 Å². The maximum Gasteiger partial charge on any atom is 0.0369 e. The van der Waals surface area contributed by atoms with Crippen molar-refractivity contribution in [2.24, 2.45) is 4.99 Å². The Morgan fingerprint density at radius 3 is 2.83 bits per heavy atom. The van der Waals surface area contributed by atoms with Gasteiger partial charge in [0.15, 0.2) is 0 Å². The minimum Gasteiger partial charge on any atom is -0.268 e. The van der Waals surface area contributed by atoms with E-state index < -0.39 is 0 Å². The first-order chi connectivity index (χ1) is 2.89. The zero-order valence-corrected chi connectivity index (χ0v) is 4.77. The number of halogens is 1. The summed E-state index contributed by atoms with van der Waals surface area (Å²) in [6.45, 7) is 0. The van der Waals surface area contributed by atoms with Crippen molar-refractivity contribution in [3.63, 3.8) is 0 Å². The quantitative estimate of drug-likeness (QED) is 0.493. The molecule has 0 amide bonds. The summed E-state index contributed by atoms with van der Waals surface area (Å²) in [6, 6.07) is 0. The van der Waals surface area contributed by atoms with E-state index >= 15 is 0 Å². The van der Waals surface area contributed by atoms with Gasteiger partial charge in [-0.15, -0.1) is 0 Å². The van der Waals surface area contributed by atoms with Crippen molar-refractivity contribution in [2.75, 3.05) is 0 Å². The number of hydrogen-bond donors (Lipinski definition) is 0. The van der Waals surface area contributed by atoms with Gasteiger partial charge in [-0.05, 0) is 0 Å². The maximum absolute atomic E-state index is 3.83. The minimum atomic E-state index is 0.972. The molecule has 1 nitrogen and oxygen atoms in total. The molecular weight excluding hydrogens is 142 g/mol. The van der Waals surface area contributed by atoms with E-state index in [4.69, 9.17) is 0 Å². The fourth-order valence-corrected chi connectivity index (χ4v) is 0.589. The van der Waals surface area contributed by atoms with Gasteiger partial charge in [0, 0.05) is 23.3 Å². The second-order valence-corrected chi connectivity index (χ2v) is 2.13. The van der Waals surface area contributed by atoms with Crippen LogP contribution in [0.2, 0.25) is 0 Å². The second-order valence-electron chi connectivity index (χ2n) is 1.11. The Morgan fingerprint density at radius 2 is 2.67 bits per heavy atom. The zero-order valence-electron chi connectivity index (χ0n) is 3.19. The first-order valence-corrected chi connectivity index (χ1v) is 2.55. The van der Waals surface area contributed by atoms with E-state index in [-0.39, 0.29) is 0 Å². The van der Waals surface area contributed by atoms with Crippen LogP contribution >= 0.6 is 15.9 Å². The van der Waals surface area contributed by atoms with Crippen molar-refractivity contribution in [2.45, 2.75) is 6.42 Å². The van der Waals surface area contributed by atoms with Gasteiger partial charge in [-0.1, -0.05) is 15.9 Å². The normalized spacial score (nSPS) is 18.5. The summed E-state index contributed by atoms with van der Waals surface area (Å²) in [6.07, 6.45) is 4.64. The Morgan fingerprint density at radius 1 is 1.83 bits per heavy atom. The third-order valence-electron chi connectivity index (χ3n) is 0.606. The predicted octanol–water partition coefficient (Wildman–Crippen LogP) is 1.70. The minimum absolute atomic E-state index is 0.972. The maximum atomic E-state index is 3.83. The average molecular weight is 146 g/mol. The van der Waals surface area contributed by atoms with Crippen molar-refractivity contribution in [1.29, 1.82) is 0 Å². The van der Waals surface area contributed by atoms with E-state index in [1.807, 2.05) is 6.21 Å². The molecule has 0 saturated heterocycles. The van der Waals surface area contributed by atoms with Crippen LogP contribution in [0.4, 0.5) is 0 Å². The molecule has 0 aromatic carbocycles. The average Bonchev–Trinajstić information content (AvgIpc) is 1.86.